The molecular weight excluding hydrogens is 267 g/mol. The Kier molecular flexibility index (Phi) is 3.62. The summed E-state index contributed by atoms with van der Waals surface area (Å²) in [5, 5.41) is 1.06. The van der Waals surface area contributed by atoms with Crippen LogP contribution in [0, 0.1) is 5.82 Å². The van der Waals surface area contributed by atoms with Gasteiger partial charge in [0.2, 0.25) is 0 Å². The van der Waals surface area contributed by atoms with E-state index in [4.69, 9.17) is 10.2 Å². The van der Waals surface area contributed by atoms with Gasteiger partial charge in [-0.15, -0.1) is 0 Å². The molecule has 0 unspecified atom stereocenters. The highest BCUT2D eigenvalue weighted by atomic mass is 19.1. The minimum Gasteiger partial charge on any atom is -0.459 e. The molecule has 0 amide bonds. The lowest BCUT2D eigenvalue weighted by Crippen LogP contribution is -2.17. The van der Waals surface area contributed by atoms with E-state index in [9.17, 15) is 4.39 Å². The molecule has 0 fully saturated rings. The molecule has 108 valence electrons. The second-order valence-electron chi connectivity index (χ2n) is 5.04. The molecule has 3 aromatic rings. The minimum atomic E-state index is -0.240. The molecular formula is C17H17FN2O. The topological polar surface area (TPSA) is 42.4 Å². The summed E-state index contributed by atoms with van der Waals surface area (Å²) >= 11 is 0. The highest BCUT2D eigenvalue weighted by Crippen LogP contribution is 2.28. The summed E-state index contributed by atoms with van der Waals surface area (Å²) in [7, 11) is 1.93. The maximum absolute atomic E-state index is 13.3. The average Bonchev–Trinajstić information content (AvgIpc) is 2.85. The monoisotopic (exact) mass is 284 g/mol. The fraction of sp³-hybridized carbons (Fsp3) is 0.176. The summed E-state index contributed by atoms with van der Waals surface area (Å²) in [4.78, 5) is 1.99. The van der Waals surface area contributed by atoms with Gasteiger partial charge in [-0.1, -0.05) is 24.3 Å². The number of furan rings is 1. The van der Waals surface area contributed by atoms with Gasteiger partial charge in [-0.25, -0.2) is 4.39 Å². The number of nitrogens with zero attached hydrogens (tertiary/aromatic N) is 1. The summed E-state index contributed by atoms with van der Waals surface area (Å²) in [6, 6.07) is 14.4. The van der Waals surface area contributed by atoms with Gasteiger partial charge < -0.3 is 15.1 Å². The number of benzene rings is 2. The van der Waals surface area contributed by atoms with Gasteiger partial charge in [-0.05, 0) is 24.3 Å². The van der Waals surface area contributed by atoms with Gasteiger partial charge in [0, 0.05) is 30.2 Å². The third-order valence-corrected chi connectivity index (χ3v) is 3.61. The molecule has 2 aromatic carbocycles. The van der Waals surface area contributed by atoms with Gasteiger partial charge in [-0.2, -0.15) is 0 Å². The van der Waals surface area contributed by atoms with Crippen LogP contribution in [0.4, 0.5) is 10.1 Å². The van der Waals surface area contributed by atoms with Crippen molar-refractivity contribution in [2.75, 3.05) is 11.9 Å². The first kappa shape index (κ1) is 13.6. The number of fused-ring (bicyclic) bond motifs is 1. The second kappa shape index (κ2) is 5.58. The molecule has 3 nitrogen and oxygen atoms in total. The number of rotatable bonds is 4. The lowest BCUT2D eigenvalue weighted by atomic mass is 10.1. The predicted molar refractivity (Wildman–Crippen MR) is 82.6 cm³/mol. The van der Waals surface area contributed by atoms with Crippen LogP contribution in [-0.2, 0) is 13.1 Å². The molecule has 0 radical (unpaired) electrons. The van der Waals surface area contributed by atoms with E-state index < -0.39 is 0 Å². The number of para-hydroxylation sites is 1. The Bertz CT molecular complexity index is 766. The van der Waals surface area contributed by atoms with Crippen LogP contribution in [0.1, 0.15) is 11.3 Å². The second-order valence-corrected chi connectivity index (χ2v) is 5.04. The van der Waals surface area contributed by atoms with Gasteiger partial charge in [0.05, 0.1) is 6.54 Å². The zero-order valence-electron chi connectivity index (χ0n) is 11.8. The van der Waals surface area contributed by atoms with E-state index in [0.29, 0.717) is 13.1 Å². The average molecular weight is 284 g/mol. The van der Waals surface area contributed by atoms with Crippen LogP contribution in [0.5, 0.6) is 0 Å². The Morgan fingerprint density at radius 1 is 1.14 bits per heavy atom. The number of anilines is 1. The summed E-state index contributed by atoms with van der Waals surface area (Å²) in [5.74, 6) is 0.537. The van der Waals surface area contributed by atoms with E-state index in [2.05, 4.69) is 0 Å². The Morgan fingerprint density at radius 3 is 2.71 bits per heavy atom. The normalized spacial score (nSPS) is 11.0. The molecule has 21 heavy (non-hydrogen) atoms. The molecule has 2 N–H and O–H groups in total. The molecule has 0 saturated carbocycles. The fourth-order valence-corrected chi connectivity index (χ4v) is 2.53. The van der Waals surface area contributed by atoms with Gasteiger partial charge >= 0.3 is 0 Å². The SMILES string of the molecule is CN(Cc1c(CN)oc2ccccc12)c1cccc(F)c1. The summed E-state index contributed by atoms with van der Waals surface area (Å²) < 4.78 is 19.1. The summed E-state index contributed by atoms with van der Waals surface area (Å²) in [5.41, 5.74) is 8.49. The molecule has 3 rings (SSSR count). The van der Waals surface area contributed by atoms with Crippen molar-refractivity contribution in [3.63, 3.8) is 0 Å². The third kappa shape index (κ3) is 2.62. The van der Waals surface area contributed by atoms with E-state index >= 15 is 0 Å². The third-order valence-electron chi connectivity index (χ3n) is 3.61. The summed E-state index contributed by atoms with van der Waals surface area (Å²) in [6.45, 7) is 0.966. The van der Waals surface area contributed by atoms with Crippen molar-refractivity contribution in [2.45, 2.75) is 13.1 Å². The first-order valence-electron chi connectivity index (χ1n) is 6.85. The van der Waals surface area contributed by atoms with Crippen LogP contribution in [0.3, 0.4) is 0 Å². The lowest BCUT2D eigenvalue weighted by Gasteiger charge is -2.19. The number of halogens is 1. The van der Waals surface area contributed by atoms with Crippen LogP contribution in [-0.4, -0.2) is 7.05 Å². The van der Waals surface area contributed by atoms with Crippen molar-refractivity contribution < 1.29 is 8.81 Å². The van der Waals surface area contributed by atoms with E-state index in [0.717, 1.165) is 28.0 Å². The van der Waals surface area contributed by atoms with Crippen molar-refractivity contribution >= 4 is 16.7 Å². The van der Waals surface area contributed by atoms with Crippen LogP contribution in [0.25, 0.3) is 11.0 Å². The number of hydrogen-bond acceptors (Lipinski definition) is 3. The molecule has 0 aliphatic carbocycles. The molecule has 0 atom stereocenters. The minimum absolute atomic E-state index is 0.240. The molecule has 1 heterocycles. The highest BCUT2D eigenvalue weighted by molar-refractivity contribution is 5.82. The zero-order chi connectivity index (χ0) is 14.8. The Hall–Kier alpha value is -2.33. The Balaban J connectivity index is 1.97. The van der Waals surface area contributed by atoms with E-state index in [1.54, 1.807) is 6.07 Å². The number of hydrogen-bond donors (Lipinski definition) is 1. The van der Waals surface area contributed by atoms with Crippen molar-refractivity contribution in [2.24, 2.45) is 5.73 Å². The van der Waals surface area contributed by atoms with Crippen molar-refractivity contribution in [3.05, 3.63) is 65.7 Å². The molecule has 0 aliphatic rings. The maximum Gasteiger partial charge on any atom is 0.134 e. The smallest absolute Gasteiger partial charge is 0.134 e. The van der Waals surface area contributed by atoms with Crippen LogP contribution < -0.4 is 10.6 Å². The quantitative estimate of drug-likeness (QED) is 0.795. The first-order chi connectivity index (χ1) is 10.2. The molecule has 1 aromatic heterocycles. The Labute approximate surface area is 122 Å². The lowest BCUT2D eigenvalue weighted by molar-refractivity contribution is 0.545. The van der Waals surface area contributed by atoms with Crippen LogP contribution >= 0.6 is 0 Å². The van der Waals surface area contributed by atoms with E-state index in [-0.39, 0.29) is 5.82 Å². The van der Waals surface area contributed by atoms with E-state index in [1.165, 1.54) is 12.1 Å². The van der Waals surface area contributed by atoms with E-state index in [1.807, 2.05) is 42.3 Å². The fourth-order valence-electron chi connectivity index (χ4n) is 2.53. The zero-order valence-corrected chi connectivity index (χ0v) is 11.8. The maximum atomic E-state index is 13.3. The summed E-state index contributed by atoms with van der Waals surface area (Å²) in [6.07, 6.45) is 0. The molecule has 0 saturated heterocycles. The standard InChI is InChI=1S/C17H17FN2O/c1-20(13-6-4-5-12(18)9-13)11-15-14-7-2-3-8-16(14)21-17(15)10-19/h2-9H,10-11,19H2,1H3. The molecule has 0 bridgehead atoms. The Morgan fingerprint density at radius 2 is 1.95 bits per heavy atom. The molecule has 4 heteroatoms. The van der Waals surface area contributed by atoms with Crippen molar-refractivity contribution in [3.8, 4) is 0 Å². The van der Waals surface area contributed by atoms with Crippen molar-refractivity contribution in [1.82, 2.24) is 0 Å². The van der Waals surface area contributed by atoms with Gasteiger partial charge in [0.1, 0.15) is 17.2 Å². The molecule has 0 aliphatic heterocycles. The van der Waals surface area contributed by atoms with Gasteiger partial charge in [-0.3, -0.25) is 0 Å². The van der Waals surface area contributed by atoms with Crippen LogP contribution in [0.15, 0.2) is 52.9 Å². The van der Waals surface area contributed by atoms with Crippen molar-refractivity contribution in [1.29, 1.82) is 0 Å². The highest BCUT2D eigenvalue weighted by Gasteiger charge is 2.14. The van der Waals surface area contributed by atoms with Crippen LogP contribution in [0.2, 0.25) is 0 Å². The largest absolute Gasteiger partial charge is 0.459 e. The van der Waals surface area contributed by atoms with Gasteiger partial charge in [0.25, 0.3) is 0 Å². The number of nitrogens with two attached hydrogens (primary N) is 1. The van der Waals surface area contributed by atoms with Gasteiger partial charge in [0.15, 0.2) is 0 Å². The first-order valence-corrected chi connectivity index (χ1v) is 6.85. The predicted octanol–water partition coefficient (Wildman–Crippen LogP) is 3.67. The molecule has 0 spiro atoms.